The molecular formula is C25H37N3O3S2. The van der Waals surface area contributed by atoms with Gasteiger partial charge in [-0.2, -0.15) is 0 Å². The maximum Gasteiger partial charge on any atom is 0.241 e. The van der Waals surface area contributed by atoms with Gasteiger partial charge in [-0.1, -0.05) is 55.6 Å². The van der Waals surface area contributed by atoms with Crippen LogP contribution in [0, 0.1) is 19.8 Å². The van der Waals surface area contributed by atoms with Crippen LogP contribution in [0.3, 0.4) is 0 Å². The number of aryl methyl sites for hydroxylation is 2. The van der Waals surface area contributed by atoms with Gasteiger partial charge >= 0.3 is 0 Å². The minimum Gasteiger partial charge on any atom is -0.393 e. The van der Waals surface area contributed by atoms with E-state index in [1.54, 1.807) is 17.4 Å². The van der Waals surface area contributed by atoms with E-state index in [9.17, 15) is 13.5 Å². The van der Waals surface area contributed by atoms with Crippen LogP contribution >= 0.6 is 11.3 Å². The molecule has 2 saturated carbocycles. The van der Waals surface area contributed by atoms with Crippen LogP contribution in [0.4, 0.5) is 5.13 Å². The average Bonchev–Trinajstić information content (AvgIpc) is 3.16. The number of rotatable bonds is 8. The third-order valence-corrected chi connectivity index (χ3v) is 9.94. The van der Waals surface area contributed by atoms with Crippen molar-refractivity contribution in [2.24, 2.45) is 5.92 Å². The van der Waals surface area contributed by atoms with Gasteiger partial charge in [0.15, 0.2) is 5.13 Å². The summed E-state index contributed by atoms with van der Waals surface area (Å²) in [7, 11) is -3.63. The van der Waals surface area contributed by atoms with Gasteiger partial charge in [0.25, 0.3) is 0 Å². The van der Waals surface area contributed by atoms with Crippen LogP contribution in [0.5, 0.6) is 0 Å². The third-order valence-electron chi connectivity index (χ3n) is 7.11. The number of aliphatic hydroxyl groups excluding tert-OH is 1. The molecule has 1 aromatic heterocycles. The van der Waals surface area contributed by atoms with Crippen LogP contribution in [0.15, 0.2) is 23.1 Å². The molecule has 3 N–H and O–H groups in total. The first-order chi connectivity index (χ1) is 15.8. The molecule has 0 atom stereocenters. The van der Waals surface area contributed by atoms with Gasteiger partial charge < -0.3 is 10.4 Å². The second kappa shape index (κ2) is 10.8. The largest absolute Gasteiger partial charge is 0.393 e. The lowest BCUT2D eigenvalue weighted by atomic mass is 9.87. The van der Waals surface area contributed by atoms with Crippen molar-refractivity contribution in [1.29, 1.82) is 0 Å². The maximum absolute atomic E-state index is 13.2. The monoisotopic (exact) mass is 491 g/mol. The molecule has 1 heterocycles. The van der Waals surface area contributed by atoms with Gasteiger partial charge in [-0.05, 0) is 69.1 Å². The van der Waals surface area contributed by atoms with E-state index in [1.807, 2.05) is 26.0 Å². The van der Waals surface area contributed by atoms with Gasteiger partial charge in [0.2, 0.25) is 10.0 Å². The second-order valence-corrected chi connectivity index (χ2v) is 12.4. The lowest BCUT2D eigenvalue weighted by Gasteiger charge is -2.26. The molecule has 0 aliphatic heterocycles. The van der Waals surface area contributed by atoms with Crippen LogP contribution in [0.25, 0.3) is 10.4 Å². The molecule has 2 aliphatic carbocycles. The summed E-state index contributed by atoms with van der Waals surface area (Å²) in [6.45, 7) is 4.75. The summed E-state index contributed by atoms with van der Waals surface area (Å²) in [5.41, 5.74) is 2.53. The first-order valence-corrected chi connectivity index (χ1v) is 14.6. The number of hydrogen-bond donors (Lipinski definition) is 3. The van der Waals surface area contributed by atoms with Crippen molar-refractivity contribution < 1.29 is 13.5 Å². The van der Waals surface area contributed by atoms with Crippen molar-refractivity contribution in [3.8, 4) is 10.4 Å². The first kappa shape index (κ1) is 24.6. The SMILES string of the molecule is Cc1ccc(-c2sc(NCCC3CCCCC3)nc2C)cc1S(=O)(=O)N[C@H]1CC[C@H](O)CC1. The van der Waals surface area contributed by atoms with Crippen molar-refractivity contribution in [1.82, 2.24) is 9.71 Å². The van der Waals surface area contributed by atoms with E-state index >= 15 is 0 Å². The maximum atomic E-state index is 13.2. The number of anilines is 1. The lowest BCUT2D eigenvalue weighted by Crippen LogP contribution is -2.38. The minimum absolute atomic E-state index is 0.119. The van der Waals surface area contributed by atoms with Gasteiger partial charge in [0, 0.05) is 12.6 Å². The highest BCUT2D eigenvalue weighted by Gasteiger charge is 2.26. The van der Waals surface area contributed by atoms with Crippen LogP contribution in [-0.4, -0.2) is 37.2 Å². The molecule has 8 heteroatoms. The van der Waals surface area contributed by atoms with Gasteiger partial charge in [-0.15, -0.1) is 0 Å². The van der Waals surface area contributed by atoms with Crippen molar-refractivity contribution in [2.75, 3.05) is 11.9 Å². The van der Waals surface area contributed by atoms with Crippen molar-refractivity contribution >= 4 is 26.5 Å². The molecule has 1 aromatic carbocycles. The normalized spacial score (nSPS) is 22.4. The quantitative estimate of drug-likeness (QED) is 0.460. The Kier molecular flexibility index (Phi) is 8.10. The van der Waals surface area contributed by atoms with E-state index in [1.165, 1.54) is 38.5 Å². The number of thiazole rings is 1. The summed E-state index contributed by atoms with van der Waals surface area (Å²) in [6, 6.07) is 5.52. The Morgan fingerprint density at radius 2 is 1.79 bits per heavy atom. The molecule has 2 fully saturated rings. The van der Waals surface area contributed by atoms with Gasteiger partial charge in [-0.25, -0.2) is 18.1 Å². The fourth-order valence-electron chi connectivity index (χ4n) is 5.11. The average molecular weight is 492 g/mol. The van der Waals surface area contributed by atoms with Crippen molar-refractivity contribution in [2.45, 2.75) is 95.1 Å². The third kappa shape index (κ3) is 6.35. The summed E-state index contributed by atoms with van der Waals surface area (Å²) >= 11 is 1.60. The molecule has 33 heavy (non-hydrogen) atoms. The van der Waals surface area contributed by atoms with Crippen LogP contribution < -0.4 is 10.0 Å². The predicted molar refractivity (Wildman–Crippen MR) is 135 cm³/mol. The van der Waals surface area contributed by atoms with Gasteiger partial charge in [-0.3, -0.25) is 0 Å². The number of nitrogens with one attached hydrogen (secondary N) is 2. The van der Waals surface area contributed by atoms with Gasteiger partial charge in [0.05, 0.1) is 21.6 Å². The molecular weight excluding hydrogens is 454 g/mol. The van der Waals surface area contributed by atoms with Crippen LogP contribution in [-0.2, 0) is 10.0 Å². The Morgan fingerprint density at radius 3 is 2.52 bits per heavy atom. The summed E-state index contributed by atoms with van der Waals surface area (Å²) in [5, 5.41) is 14.1. The number of benzene rings is 1. The molecule has 0 bridgehead atoms. The number of aromatic nitrogens is 1. The Bertz CT molecular complexity index is 1040. The van der Waals surface area contributed by atoms with Crippen LogP contribution in [0.2, 0.25) is 0 Å². The zero-order chi connectivity index (χ0) is 23.4. The van der Waals surface area contributed by atoms with E-state index < -0.39 is 10.0 Å². The van der Waals surface area contributed by atoms with E-state index in [4.69, 9.17) is 4.98 Å². The summed E-state index contributed by atoms with van der Waals surface area (Å²) in [5.74, 6) is 0.830. The Balaban J connectivity index is 1.45. The lowest BCUT2D eigenvalue weighted by molar-refractivity contribution is 0.120. The Labute approximate surface area is 202 Å². The fraction of sp³-hybridized carbons (Fsp3) is 0.640. The summed E-state index contributed by atoms with van der Waals surface area (Å²) in [4.78, 5) is 6.03. The summed E-state index contributed by atoms with van der Waals surface area (Å²) in [6.07, 6.45) is 10.3. The van der Waals surface area contributed by atoms with Crippen molar-refractivity contribution in [3.05, 3.63) is 29.5 Å². The topological polar surface area (TPSA) is 91.3 Å². The molecule has 4 rings (SSSR count). The van der Waals surface area contributed by atoms with E-state index in [2.05, 4.69) is 10.0 Å². The molecule has 0 saturated heterocycles. The number of sulfonamides is 1. The summed E-state index contributed by atoms with van der Waals surface area (Å²) < 4.78 is 29.2. The molecule has 0 radical (unpaired) electrons. The molecule has 0 unspecified atom stereocenters. The molecule has 2 aromatic rings. The fourth-order valence-corrected chi connectivity index (χ4v) is 7.67. The Morgan fingerprint density at radius 1 is 1.06 bits per heavy atom. The first-order valence-electron chi connectivity index (χ1n) is 12.3. The predicted octanol–water partition coefficient (Wildman–Crippen LogP) is 5.39. The molecule has 182 valence electrons. The molecule has 0 spiro atoms. The molecule has 6 nitrogen and oxygen atoms in total. The van der Waals surface area contributed by atoms with E-state index in [0.29, 0.717) is 30.6 Å². The van der Waals surface area contributed by atoms with Crippen molar-refractivity contribution in [3.63, 3.8) is 0 Å². The second-order valence-electron chi connectivity index (χ2n) is 9.76. The number of nitrogens with zero attached hydrogens (tertiary/aromatic N) is 1. The van der Waals surface area contributed by atoms with Crippen LogP contribution in [0.1, 0.15) is 75.5 Å². The van der Waals surface area contributed by atoms with E-state index in [-0.39, 0.29) is 12.1 Å². The zero-order valence-electron chi connectivity index (χ0n) is 19.8. The highest BCUT2D eigenvalue weighted by atomic mass is 32.2. The highest BCUT2D eigenvalue weighted by molar-refractivity contribution is 7.89. The zero-order valence-corrected chi connectivity index (χ0v) is 21.4. The molecule has 0 amide bonds. The van der Waals surface area contributed by atoms with E-state index in [0.717, 1.165) is 39.3 Å². The minimum atomic E-state index is -3.63. The Hall–Kier alpha value is -1.48. The molecule has 2 aliphatic rings. The smallest absolute Gasteiger partial charge is 0.241 e. The van der Waals surface area contributed by atoms with Gasteiger partial charge in [0.1, 0.15) is 0 Å². The number of hydrogen-bond acceptors (Lipinski definition) is 6. The number of aliphatic hydroxyl groups is 1. The standard InChI is InChI=1S/C25H37N3O3S2/c1-17-8-9-20(16-23(17)33(30,31)28-21-10-12-22(29)13-11-21)24-18(2)27-25(32-24)26-15-14-19-6-4-3-5-7-19/h8-9,16,19,21-22,28-29H,3-7,10-15H2,1-2H3,(H,26,27)/t21-,22-. The highest BCUT2D eigenvalue weighted by Crippen LogP contribution is 2.35.